The van der Waals surface area contributed by atoms with Gasteiger partial charge in [0.1, 0.15) is 0 Å². The van der Waals surface area contributed by atoms with E-state index >= 15 is 0 Å². The van der Waals surface area contributed by atoms with Gasteiger partial charge in [0.2, 0.25) is 5.91 Å². The number of aromatic nitrogens is 2. The van der Waals surface area contributed by atoms with E-state index in [1.165, 1.54) is 6.92 Å². The summed E-state index contributed by atoms with van der Waals surface area (Å²) in [6.45, 7) is 3.10. The van der Waals surface area contributed by atoms with Crippen LogP contribution in [-0.4, -0.2) is 20.8 Å². The maximum absolute atomic E-state index is 11.0. The highest BCUT2D eigenvalue weighted by molar-refractivity contribution is 5.73. The van der Waals surface area contributed by atoms with Gasteiger partial charge in [0.15, 0.2) is 0 Å². The van der Waals surface area contributed by atoms with Crippen molar-refractivity contribution in [3.8, 4) is 11.3 Å². The minimum atomic E-state index is -0.407. The number of hydrogen-bond donors (Lipinski definition) is 1. The number of hydrogen-bond acceptors (Lipinski definition) is 3. The normalized spacial score (nSPS) is 11.6. The molecule has 1 amide bonds. The van der Waals surface area contributed by atoms with E-state index in [-0.39, 0.29) is 5.62 Å². The van der Waals surface area contributed by atoms with Crippen LogP contribution in [0.2, 0.25) is 0 Å². The second-order valence-electron chi connectivity index (χ2n) is 3.89. The van der Waals surface area contributed by atoms with Crippen LogP contribution in [-0.2, 0) is 4.79 Å². The molecule has 0 aliphatic rings. The Morgan fingerprint density at radius 1 is 1.33 bits per heavy atom. The van der Waals surface area contributed by atoms with Crippen molar-refractivity contribution < 1.29 is 10.0 Å². The summed E-state index contributed by atoms with van der Waals surface area (Å²) in [5.41, 5.74) is 2.04. The van der Waals surface area contributed by atoms with Crippen molar-refractivity contribution in [2.75, 3.05) is 0 Å². The van der Waals surface area contributed by atoms with Gasteiger partial charge in [-0.05, 0) is 13.0 Å². The fourth-order valence-electron chi connectivity index (χ4n) is 1.63. The van der Waals surface area contributed by atoms with E-state index in [1.54, 1.807) is 13.0 Å². The molecule has 5 nitrogen and oxygen atoms in total. The van der Waals surface area contributed by atoms with Gasteiger partial charge >= 0.3 is 0 Å². The average Bonchev–Trinajstić information content (AvgIpc) is 2.34. The molecule has 18 heavy (non-hydrogen) atoms. The van der Waals surface area contributed by atoms with E-state index in [9.17, 15) is 10.0 Å². The summed E-state index contributed by atoms with van der Waals surface area (Å²) in [5, 5.41) is 10.0. The van der Waals surface area contributed by atoms with Gasteiger partial charge in [0.05, 0.1) is 5.69 Å². The molecule has 0 saturated carbocycles. The summed E-state index contributed by atoms with van der Waals surface area (Å²) < 4.78 is 0.823. The molecule has 1 aromatic carbocycles. The summed E-state index contributed by atoms with van der Waals surface area (Å²) >= 11 is 0. The molecule has 2 rings (SSSR count). The molecule has 1 N–H and O–H groups in total. The average molecular weight is 243 g/mol. The van der Waals surface area contributed by atoms with Crippen molar-refractivity contribution in [3.63, 3.8) is 0 Å². The molecule has 92 valence electrons. The Kier molecular flexibility index (Phi) is 3.23. The Bertz CT molecular complexity index is 645. The third kappa shape index (κ3) is 2.45. The highest BCUT2D eigenvalue weighted by Crippen LogP contribution is 2.16. The molecular formula is C13H13N3O2. The largest absolute Gasteiger partial charge is 0.425 e. The van der Waals surface area contributed by atoms with Gasteiger partial charge in [0, 0.05) is 18.2 Å². The van der Waals surface area contributed by atoms with Crippen LogP contribution in [0.25, 0.3) is 11.3 Å². The van der Waals surface area contributed by atoms with Crippen molar-refractivity contribution in [3.05, 3.63) is 47.7 Å². The summed E-state index contributed by atoms with van der Waals surface area (Å²) in [6.07, 6.45) is 0. The first-order valence-corrected chi connectivity index (χ1v) is 5.48. The van der Waals surface area contributed by atoms with Crippen molar-refractivity contribution in [1.82, 2.24) is 9.71 Å². The van der Waals surface area contributed by atoms with E-state index < -0.39 is 5.91 Å². The van der Waals surface area contributed by atoms with E-state index in [0.717, 1.165) is 10.3 Å². The van der Waals surface area contributed by atoms with Crippen LogP contribution >= 0.6 is 0 Å². The van der Waals surface area contributed by atoms with Crippen LogP contribution < -0.4 is 5.62 Å². The zero-order valence-corrected chi connectivity index (χ0v) is 10.2. The molecule has 0 fully saturated rings. The lowest BCUT2D eigenvalue weighted by Gasteiger charge is -2.08. The zero-order valence-electron chi connectivity index (χ0n) is 10.2. The summed E-state index contributed by atoms with van der Waals surface area (Å²) in [7, 11) is 0. The van der Waals surface area contributed by atoms with Crippen LogP contribution in [0.1, 0.15) is 12.6 Å². The molecule has 0 atom stereocenters. The van der Waals surface area contributed by atoms with Gasteiger partial charge in [-0.1, -0.05) is 30.3 Å². The number of aryl methyl sites for hydroxylation is 1. The number of carbonyl (C=O) groups excluding carboxylic acids is 1. The number of rotatable bonds is 1. The van der Waals surface area contributed by atoms with Crippen molar-refractivity contribution in [2.24, 2.45) is 4.99 Å². The predicted octanol–water partition coefficient (Wildman–Crippen LogP) is 1.54. The first-order chi connectivity index (χ1) is 8.58. The summed E-state index contributed by atoms with van der Waals surface area (Å²) in [5.74, 6) is -0.407. The molecule has 0 bridgehead atoms. The van der Waals surface area contributed by atoms with Gasteiger partial charge in [-0.15, -0.1) is 4.73 Å². The number of nitrogens with zero attached hydrogens (tertiary/aromatic N) is 3. The lowest BCUT2D eigenvalue weighted by Crippen LogP contribution is -2.26. The maximum Gasteiger partial charge on any atom is 0.266 e. The third-order valence-electron chi connectivity index (χ3n) is 2.37. The third-order valence-corrected chi connectivity index (χ3v) is 2.37. The second-order valence-corrected chi connectivity index (χ2v) is 3.89. The van der Waals surface area contributed by atoms with Crippen LogP contribution in [0.3, 0.4) is 0 Å². The molecule has 0 unspecified atom stereocenters. The first-order valence-electron chi connectivity index (χ1n) is 5.48. The molecule has 2 aromatic rings. The minimum absolute atomic E-state index is 0.0126. The Morgan fingerprint density at radius 3 is 2.61 bits per heavy atom. The fourth-order valence-corrected chi connectivity index (χ4v) is 1.63. The van der Waals surface area contributed by atoms with Gasteiger partial charge in [-0.3, -0.25) is 4.79 Å². The van der Waals surface area contributed by atoms with Gasteiger partial charge < -0.3 is 5.21 Å². The molecule has 0 radical (unpaired) electrons. The molecule has 0 aliphatic heterocycles. The van der Waals surface area contributed by atoms with E-state index in [4.69, 9.17) is 0 Å². The van der Waals surface area contributed by atoms with E-state index in [0.29, 0.717) is 11.4 Å². The summed E-state index contributed by atoms with van der Waals surface area (Å²) in [4.78, 5) is 18.7. The second kappa shape index (κ2) is 4.83. The van der Waals surface area contributed by atoms with Crippen LogP contribution in [0.15, 0.2) is 41.4 Å². The molecule has 0 spiro atoms. The Labute approximate surface area is 104 Å². The van der Waals surface area contributed by atoms with Gasteiger partial charge in [-0.2, -0.15) is 4.99 Å². The Balaban J connectivity index is 2.70. The Morgan fingerprint density at radius 2 is 2.00 bits per heavy atom. The van der Waals surface area contributed by atoms with Crippen molar-refractivity contribution in [1.29, 1.82) is 0 Å². The Hall–Kier alpha value is -2.43. The lowest BCUT2D eigenvalue weighted by atomic mass is 10.1. The van der Waals surface area contributed by atoms with Gasteiger partial charge in [0.25, 0.3) is 5.62 Å². The molecule has 1 heterocycles. The SMILES string of the molecule is CC(=O)N=c1nc(C)cc(-c2ccccc2)n1O. The highest BCUT2D eigenvalue weighted by atomic mass is 16.5. The number of amides is 1. The monoisotopic (exact) mass is 243 g/mol. The summed E-state index contributed by atoms with van der Waals surface area (Å²) in [6, 6.07) is 11.1. The quantitative estimate of drug-likeness (QED) is 0.772. The molecule has 1 aromatic heterocycles. The molecular weight excluding hydrogens is 230 g/mol. The fraction of sp³-hybridized carbons (Fsp3) is 0.154. The molecule has 0 saturated heterocycles. The van der Waals surface area contributed by atoms with Gasteiger partial charge in [-0.25, -0.2) is 4.98 Å². The zero-order chi connectivity index (χ0) is 13.1. The van der Waals surface area contributed by atoms with Crippen molar-refractivity contribution >= 4 is 5.91 Å². The number of benzene rings is 1. The van der Waals surface area contributed by atoms with Crippen LogP contribution in [0, 0.1) is 6.92 Å². The standard InChI is InChI=1S/C13H13N3O2/c1-9-8-12(11-6-4-3-5-7-11)16(18)13(14-9)15-10(2)17/h3-8,18H,1-2H3. The predicted molar refractivity (Wildman–Crippen MR) is 65.8 cm³/mol. The van der Waals surface area contributed by atoms with Crippen molar-refractivity contribution in [2.45, 2.75) is 13.8 Å². The van der Waals surface area contributed by atoms with E-state index in [2.05, 4.69) is 9.98 Å². The highest BCUT2D eigenvalue weighted by Gasteiger charge is 2.06. The minimum Gasteiger partial charge on any atom is -0.425 e. The number of carbonyl (C=O) groups is 1. The lowest BCUT2D eigenvalue weighted by molar-refractivity contribution is -0.116. The van der Waals surface area contributed by atoms with E-state index in [1.807, 2.05) is 30.3 Å². The molecule has 0 aliphatic carbocycles. The molecule has 5 heteroatoms. The maximum atomic E-state index is 11.0. The first kappa shape index (κ1) is 12.0. The van der Waals surface area contributed by atoms with Crippen LogP contribution in [0.5, 0.6) is 0 Å². The van der Waals surface area contributed by atoms with Crippen LogP contribution in [0.4, 0.5) is 0 Å². The topological polar surface area (TPSA) is 67.5 Å². The smallest absolute Gasteiger partial charge is 0.266 e.